The molecule has 35 heavy (non-hydrogen) atoms. The summed E-state index contributed by atoms with van der Waals surface area (Å²) in [6.45, 7) is 2.88. The van der Waals surface area contributed by atoms with E-state index < -0.39 is 0 Å². The highest BCUT2D eigenvalue weighted by Crippen LogP contribution is 2.23. The number of benzene rings is 3. The molecule has 0 saturated carbocycles. The van der Waals surface area contributed by atoms with Crippen molar-refractivity contribution in [2.75, 3.05) is 11.9 Å². The van der Waals surface area contributed by atoms with Gasteiger partial charge in [0.25, 0.3) is 5.56 Å². The van der Waals surface area contributed by atoms with Gasteiger partial charge in [0.15, 0.2) is 0 Å². The van der Waals surface area contributed by atoms with Crippen LogP contribution >= 0.6 is 0 Å². The van der Waals surface area contributed by atoms with Crippen LogP contribution in [0.5, 0.6) is 17.2 Å². The molecule has 0 spiro atoms. The largest absolute Gasteiger partial charge is 0.494 e. The van der Waals surface area contributed by atoms with Crippen molar-refractivity contribution < 1.29 is 14.3 Å². The number of carbonyl (C=O) groups excluding carboxylic acids is 1. The Labute approximate surface area is 204 Å². The maximum absolute atomic E-state index is 12.4. The number of aromatic nitrogens is 2. The van der Waals surface area contributed by atoms with Crippen molar-refractivity contribution in [1.29, 1.82) is 0 Å². The Hall–Kier alpha value is -4.39. The Balaban J connectivity index is 1.29. The first kappa shape index (κ1) is 23.8. The fourth-order valence-corrected chi connectivity index (χ4v) is 3.50. The van der Waals surface area contributed by atoms with E-state index in [1.807, 2.05) is 61.5 Å². The van der Waals surface area contributed by atoms with Crippen molar-refractivity contribution in [3.8, 4) is 28.5 Å². The number of nitrogens with zero attached hydrogens (tertiary/aromatic N) is 2. The summed E-state index contributed by atoms with van der Waals surface area (Å²) in [4.78, 5) is 24.6. The molecule has 0 fully saturated rings. The molecule has 4 rings (SSSR count). The van der Waals surface area contributed by atoms with E-state index in [4.69, 9.17) is 9.47 Å². The number of para-hydroxylation sites is 1. The maximum atomic E-state index is 12.4. The first-order valence-electron chi connectivity index (χ1n) is 11.5. The van der Waals surface area contributed by atoms with E-state index in [0.717, 1.165) is 17.1 Å². The van der Waals surface area contributed by atoms with Crippen molar-refractivity contribution in [2.45, 2.75) is 26.3 Å². The SMILES string of the molecule is CCOc1ccc(-c2ccc(=O)n(CCCC(=O)Nc3ccc(Oc4ccccc4)cc3)n2)cc1. The van der Waals surface area contributed by atoms with Crippen LogP contribution in [0.2, 0.25) is 0 Å². The lowest BCUT2D eigenvalue weighted by molar-refractivity contribution is -0.116. The molecule has 4 aromatic rings. The second kappa shape index (κ2) is 11.7. The summed E-state index contributed by atoms with van der Waals surface area (Å²) in [6, 6.07) is 27.5. The molecule has 1 N–H and O–H groups in total. The molecule has 0 aliphatic carbocycles. The van der Waals surface area contributed by atoms with Crippen LogP contribution in [-0.2, 0) is 11.3 Å². The van der Waals surface area contributed by atoms with Crippen molar-refractivity contribution >= 4 is 11.6 Å². The van der Waals surface area contributed by atoms with Gasteiger partial charge in [0.05, 0.1) is 12.3 Å². The van der Waals surface area contributed by atoms with Crippen LogP contribution in [0.4, 0.5) is 5.69 Å². The Kier molecular flexibility index (Phi) is 7.91. The fourth-order valence-electron chi connectivity index (χ4n) is 3.50. The van der Waals surface area contributed by atoms with Crippen molar-refractivity contribution in [2.24, 2.45) is 0 Å². The van der Waals surface area contributed by atoms with Gasteiger partial charge in [-0.1, -0.05) is 18.2 Å². The van der Waals surface area contributed by atoms with Gasteiger partial charge in [0.2, 0.25) is 5.91 Å². The lowest BCUT2D eigenvalue weighted by Gasteiger charge is -2.09. The van der Waals surface area contributed by atoms with E-state index in [2.05, 4.69) is 10.4 Å². The standard InChI is InChI=1S/C28H27N3O4/c1-2-34-23-14-10-21(11-15-23)26-18-19-28(33)31(30-26)20-6-9-27(32)29-22-12-16-25(17-13-22)35-24-7-4-3-5-8-24/h3-5,7-8,10-19H,2,6,9,20H2,1H3,(H,29,32). The molecule has 7 nitrogen and oxygen atoms in total. The van der Waals surface area contributed by atoms with E-state index in [0.29, 0.717) is 36.7 Å². The predicted octanol–water partition coefficient (Wildman–Crippen LogP) is 5.52. The molecule has 178 valence electrons. The molecule has 1 heterocycles. The fraction of sp³-hybridized carbons (Fsp3) is 0.179. The highest BCUT2D eigenvalue weighted by atomic mass is 16.5. The van der Waals surface area contributed by atoms with Crippen LogP contribution in [0.15, 0.2) is 95.8 Å². The zero-order valence-electron chi connectivity index (χ0n) is 19.5. The summed E-state index contributed by atoms with van der Waals surface area (Å²) in [5.74, 6) is 2.10. The number of anilines is 1. The van der Waals surface area contributed by atoms with Crippen LogP contribution in [0.1, 0.15) is 19.8 Å². The normalized spacial score (nSPS) is 10.5. The van der Waals surface area contributed by atoms with Crippen LogP contribution in [0, 0.1) is 0 Å². The number of aryl methyl sites for hydroxylation is 1. The minimum absolute atomic E-state index is 0.127. The van der Waals surface area contributed by atoms with E-state index in [-0.39, 0.29) is 17.9 Å². The van der Waals surface area contributed by atoms with Gasteiger partial charge in [-0.05, 0) is 80.1 Å². The van der Waals surface area contributed by atoms with E-state index in [1.54, 1.807) is 30.3 Å². The summed E-state index contributed by atoms with van der Waals surface area (Å²) in [7, 11) is 0. The first-order valence-corrected chi connectivity index (χ1v) is 11.5. The lowest BCUT2D eigenvalue weighted by atomic mass is 10.1. The third-order valence-electron chi connectivity index (χ3n) is 5.22. The van der Waals surface area contributed by atoms with Gasteiger partial charge in [-0.2, -0.15) is 5.10 Å². The van der Waals surface area contributed by atoms with Crippen LogP contribution in [0.3, 0.4) is 0 Å². The minimum atomic E-state index is -0.200. The summed E-state index contributed by atoms with van der Waals surface area (Å²) in [6.07, 6.45) is 0.754. The number of amides is 1. The van der Waals surface area contributed by atoms with Gasteiger partial charge < -0.3 is 14.8 Å². The summed E-state index contributed by atoms with van der Waals surface area (Å²) in [5.41, 5.74) is 2.06. The molecule has 0 aliphatic rings. The lowest BCUT2D eigenvalue weighted by Crippen LogP contribution is -2.23. The second-order valence-electron chi connectivity index (χ2n) is 7.83. The Morgan fingerprint density at radius 3 is 2.26 bits per heavy atom. The number of hydrogen-bond donors (Lipinski definition) is 1. The zero-order valence-corrected chi connectivity index (χ0v) is 19.5. The molecule has 0 bridgehead atoms. The van der Waals surface area contributed by atoms with Gasteiger partial charge in [-0.3, -0.25) is 9.59 Å². The molecule has 0 aliphatic heterocycles. The van der Waals surface area contributed by atoms with Gasteiger partial charge in [0, 0.05) is 30.3 Å². The average Bonchev–Trinajstić information content (AvgIpc) is 2.88. The van der Waals surface area contributed by atoms with Crippen molar-refractivity contribution in [3.05, 3.63) is 101 Å². The molecule has 1 aromatic heterocycles. The molecule has 0 unspecified atom stereocenters. The van der Waals surface area contributed by atoms with Gasteiger partial charge in [0.1, 0.15) is 17.2 Å². The number of ether oxygens (including phenoxy) is 2. The number of carbonyl (C=O) groups is 1. The Morgan fingerprint density at radius 1 is 0.857 bits per heavy atom. The molecular formula is C28H27N3O4. The van der Waals surface area contributed by atoms with E-state index >= 15 is 0 Å². The summed E-state index contributed by atoms with van der Waals surface area (Å²) >= 11 is 0. The quantitative estimate of drug-likeness (QED) is 0.331. The summed E-state index contributed by atoms with van der Waals surface area (Å²) < 4.78 is 12.6. The van der Waals surface area contributed by atoms with Gasteiger partial charge in [-0.25, -0.2) is 4.68 Å². The number of nitrogens with one attached hydrogen (secondary N) is 1. The molecule has 0 radical (unpaired) electrons. The topological polar surface area (TPSA) is 82.5 Å². The van der Waals surface area contributed by atoms with Gasteiger partial charge >= 0.3 is 0 Å². The third-order valence-corrected chi connectivity index (χ3v) is 5.22. The van der Waals surface area contributed by atoms with Crippen LogP contribution in [-0.4, -0.2) is 22.3 Å². The highest BCUT2D eigenvalue weighted by Gasteiger charge is 2.07. The van der Waals surface area contributed by atoms with E-state index in [1.165, 1.54) is 10.7 Å². The smallest absolute Gasteiger partial charge is 0.266 e. The monoisotopic (exact) mass is 469 g/mol. The summed E-state index contributed by atoms with van der Waals surface area (Å²) in [5, 5.41) is 7.33. The third kappa shape index (κ3) is 6.80. The first-order chi connectivity index (χ1) is 17.1. The molecule has 0 saturated heterocycles. The maximum Gasteiger partial charge on any atom is 0.266 e. The van der Waals surface area contributed by atoms with Crippen molar-refractivity contribution in [3.63, 3.8) is 0 Å². The van der Waals surface area contributed by atoms with Gasteiger partial charge in [-0.15, -0.1) is 0 Å². The molecule has 1 amide bonds. The average molecular weight is 470 g/mol. The zero-order chi connectivity index (χ0) is 24.5. The van der Waals surface area contributed by atoms with Crippen LogP contribution < -0.4 is 20.3 Å². The molecular weight excluding hydrogens is 442 g/mol. The minimum Gasteiger partial charge on any atom is -0.494 e. The van der Waals surface area contributed by atoms with Crippen molar-refractivity contribution in [1.82, 2.24) is 9.78 Å². The molecule has 7 heteroatoms. The number of rotatable bonds is 10. The Bertz CT molecular complexity index is 1300. The Morgan fingerprint density at radius 2 is 1.54 bits per heavy atom. The highest BCUT2D eigenvalue weighted by molar-refractivity contribution is 5.90. The number of hydrogen-bond acceptors (Lipinski definition) is 5. The molecule has 3 aromatic carbocycles. The van der Waals surface area contributed by atoms with E-state index in [9.17, 15) is 9.59 Å². The predicted molar refractivity (Wildman–Crippen MR) is 136 cm³/mol. The molecule has 0 atom stereocenters. The van der Waals surface area contributed by atoms with Crippen LogP contribution in [0.25, 0.3) is 11.3 Å². The second-order valence-corrected chi connectivity index (χ2v) is 7.83.